The van der Waals surface area contributed by atoms with E-state index in [0.717, 1.165) is 0 Å². The van der Waals surface area contributed by atoms with Gasteiger partial charge in [0.1, 0.15) is 6.04 Å². The smallest absolute Gasteiger partial charge is 0.320 e. The summed E-state index contributed by atoms with van der Waals surface area (Å²) in [6.07, 6.45) is 0.249. The molecule has 0 amide bonds. The molecule has 0 aliphatic rings. The van der Waals surface area contributed by atoms with Crippen molar-refractivity contribution in [3.8, 4) is 0 Å². The molecule has 0 aromatic heterocycles. The zero-order valence-electron chi connectivity index (χ0n) is 7.43. The second-order valence-electron chi connectivity index (χ2n) is 2.74. The van der Waals surface area contributed by atoms with E-state index in [1.54, 1.807) is 0 Å². The topological polar surface area (TPSA) is 104 Å². The number of hydrogen-bond acceptors (Lipinski definition) is 4. The van der Waals surface area contributed by atoms with Crippen LogP contribution < -0.4 is 5.73 Å². The molecule has 0 fully saturated rings. The van der Waals surface area contributed by atoms with Crippen LogP contribution in [-0.2, 0) is 9.59 Å². The van der Waals surface area contributed by atoms with Gasteiger partial charge in [-0.15, -0.1) is 0 Å². The molecule has 4 N–H and O–H groups in total. The first-order valence-corrected chi connectivity index (χ1v) is 3.84. The van der Waals surface area contributed by atoms with Gasteiger partial charge >= 0.3 is 11.9 Å². The minimum Gasteiger partial charge on any atom is -0.480 e. The normalized spacial score (nSPS) is 12.8. The van der Waals surface area contributed by atoms with Gasteiger partial charge in [0.25, 0.3) is 0 Å². The van der Waals surface area contributed by atoms with Gasteiger partial charge in [-0.05, 0) is 20.0 Å². The number of rotatable bonds is 6. The van der Waals surface area contributed by atoms with Gasteiger partial charge in [0, 0.05) is 0 Å². The average molecular weight is 190 g/mol. The zero-order valence-corrected chi connectivity index (χ0v) is 7.43. The average Bonchev–Trinajstić information content (AvgIpc) is 1.97. The quantitative estimate of drug-likeness (QED) is 0.486. The van der Waals surface area contributed by atoms with Crippen molar-refractivity contribution in [2.75, 3.05) is 20.1 Å². The van der Waals surface area contributed by atoms with Crippen molar-refractivity contribution in [2.45, 2.75) is 12.5 Å². The Morgan fingerprint density at radius 3 is 2.31 bits per heavy atom. The van der Waals surface area contributed by atoms with E-state index in [4.69, 9.17) is 15.9 Å². The summed E-state index contributed by atoms with van der Waals surface area (Å²) in [5, 5.41) is 17.1. The van der Waals surface area contributed by atoms with Gasteiger partial charge < -0.3 is 15.9 Å². The van der Waals surface area contributed by atoms with Gasteiger partial charge in [0.05, 0.1) is 6.54 Å². The molecule has 0 aromatic carbocycles. The maximum Gasteiger partial charge on any atom is 0.320 e. The van der Waals surface area contributed by atoms with E-state index < -0.39 is 18.0 Å². The molecule has 0 aromatic rings. The Kier molecular flexibility index (Phi) is 5.01. The van der Waals surface area contributed by atoms with Crippen LogP contribution in [0.5, 0.6) is 0 Å². The van der Waals surface area contributed by atoms with Crippen LogP contribution in [-0.4, -0.2) is 53.2 Å². The second-order valence-corrected chi connectivity index (χ2v) is 2.74. The van der Waals surface area contributed by atoms with Gasteiger partial charge in [-0.1, -0.05) is 0 Å². The lowest BCUT2D eigenvalue weighted by atomic mass is 10.2. The van der Waals surface area contributed by atoms with E-state index in [0.29, 0.717) is 0 Å². The molecule has 0 rings (SSSR count). The summed E-state index contributed by atoms with van der Waals surface area (Å²) in [6.45, 7) is -0.0715. The number of carboxylic acids is 2. The number of carboxylic acid groups (broad SMARTS) is 2. The van der Waals surface area contributed by atoms with Crippen molar-refractivity contribution in [3.63, 3.8) is 0 Å². The highest BCUT2D eigenvalue weighted by Crippen LogP contribution is 2.00. The van der Waals surface area contributed by atoms with Gasteiger partial charge in [0.2, 0.25) is 0 Å². The van der Waals surface area contributed by atoms with Crippen LogP contribution in [0.2, 0.25) is 0 Å². The van der Waals surface area contributed by atoms with E-state index in [2.05, 4.69) is 0 Å². The Hall–Kier alpha value is -1.14. The van der Waals surface area contributed by atoms with Gasteiger partial charge in [-0.25, -0.2) is 0 Å². The lowest BCUT2D eigenvalue weighted by Crippen LogP contribution is -2.42. The molecule has 0 heterocycles. The molecule has 6 nitrogen and oxygen atoms in total. The minimum atomic E-state index is -1.05. The van der Waals surface area contributed by atoms with Crippen LogP contribution in [0.25, 0.3) is 0 Å². The molecule has 0 spiro atoms. The first kappa shape index (κ1) is 11.9. The van der Waals surface area contributed by atoms with Crippen molar-refractivity contribution in [3.05, 3.63) is 0 Å². The first-order valence-electron chi connectivity index (χ1n) is 3.84. The van der Waals surface area contributed by atoms with Crippen LogP contribution >= 0.6 is 0 Å². The number of likely N-dealkylation sites (N-methyl/N-ethyl adjacent to an activating group) is 1. The fourth-order valence-corrected chi connectivity index (χ4v) is 1.01. The molecule has 0 radical (unpaired) electrons. The van der Waals surface area contributed by atoms with Crippen molar-refractivity contribution >= 4 is 11.9 Å². The standard InChI is InChI=1S/C7H14N2O4/c1-9(4-6(10)11)5(2-3-8)7(12)13/h5H,2-4,8H2,1H3,(H,10,11)(H,12,13). The molecule has 0 aliphatic heterocycles. The highest BCUT2D eigenvalue weighted by Gasteiger charge is 2.22. The van der Waals surface area contributed by atoms with Crippen molar-refractivity contribution in [1.82, 2.24) is 4.90 Å². The van der Waals surface area contributed by atoms with Crippen LogP contribution in [0.15, 0.2) is 0 Å². The first-order chi connectivity index (χ1) is 5.99. The Balaban J connectivity index is 4.18. The largest absolute Gasteiger partial charge is 0.480 e. The second kappa shape index (κ2) is 5.50. The van der Waals surface area contributed by atoms with E-state index in [-0.39, 0.29) is 19.5 Å². The number of nitrogens with zero attached hydrogens (tertiary/aromatic N) is 1. The Morgan fingerprint density at radius 1 is 1.46 bits per heavy atom. The summed E-state index contributed by atoms with van der Waals surface area (Å²) in [4.78, 5) is 22.1. The summed E-state index contributed by atoms with van der Waals surface area (Å²) >= 11 is 0. The van der Waals surface area contributed by atoms with Crippen LogP contribution in [0, 0.1) is 0 Å². The molecular formula is C7H14N2O4. The van der Waals surface area contributed by atoms with Crippen LogP contribution in [0.3, 0.4) is 0 Å². The van der Waals surface area contributed by atoms with E-state index in [1.807, 2.05) is 0 Å². The molecule has 76 valence electrons. The lowest BCUT2D eigenvalue weighted by molar-refractivity contribution is -0.145. The SMILES string of the molecule is CN(CC(=O)O)C(CCN)C(=O)O. The summed E-state index contributed by atoms with van der Waals surface area (Å²) in [5.74, 6) is -2.10. The van der Waals surface area contributed by atoms with Gasteiger partial charge in [-0.3, -0.25) is 14.5 Å². The maximum absolute atomic E-state index is 10.6. The third kappa shape index (κ3) is 4.44. The molecule has 13 heavy (non-hydrogen) atoms. The zero-order chi connectivity index (χ0) is 10.4. The molecule has 1 atom stereocenters. The minimum absolute atomic E-state index is 0.223. The van der Waals surface area contributed by atoms with Gasteiger partial charge in [0.15, 0.2) is 0 Å². The predicted molar refractivity (Wildman–Crippen MR) is 45.4 cm³/mol. The van der Waals surface area contributed by atoms with E-state index in [1.165, 1.54) is 11.9 Å². The van der Waals surface area contributed by atoms with Gasteiger partial charge in [-0.2, -0.15) is 0 Å². The summed E-state index contributed by atoms with van der Waals surface area (Å²) in [7, 11) is 1.45. The van der Waals surface area contributed by atoms with E-state index in [9.17, 15) is 9.59 Å². The van der Waals surface area contributed by atoms with Crippen LogP contribution in [0.4, 0.5) is 0 Å². The highest BCUT2D eigenvalue weighted by molar-refractivity contribution is 5.75. The third-order valence-electron chi connectivity index (χ3n) is 1.64. The van der Waals surface area contributed by atoms with E-state index >= 15 is 0 Å². The third-order valence-corrected chi connectivity index (χ3v) is 1.64. The number of carbonyl (C=O) groups is 2. The predicted octanol–water partition coefficient (Wildman–Crippen LogP) is -1.20. The number of hydrogen-bond donors (Lipinski definition) is 3. The maximum atomic E-state index is 10.6. The van der Waals surface area contributed by atoms with Crippen molar-refractivity contribution < 1.29 is 19.8 Å². The monoisotopic (exact) mass is 190 g/mol. The fourth-order valence-electron chi connectivity index (χ4n) is 1.01. The lowest BCUT2D eigenvalue weighted by Gasteiger charge is -2.21. The summed E-state index contributed by atoms with van der Waals surface area (Å²) in [6, 6.07) is -0.818. The molecule has 0 saturated carbocycles. The Labute approximate surface area is 75.9 Å². The molecule has 0 saturated heterocycles. The van der Waals surface area contributed by atoms with Crippen molar-refractivity contribution in [2.24, 2.45) is 5.73 Å². The molecular weight excluding hydrogens is 176 g/mol. The molecule has 0 aliphatic carbocycles. The summed E-state index contributed by atoms with van der Waals surface area (Å²) < 4.78 is 0. The highest BCUT2D eigenvalue weighted by atomic mass is 16.4. The molecule has 1 unspecified atom stereocenters. The summed E-state index contributed by atoms with van der Waals surface area (Å²) in [5.41, 5.74) is 5.20. The number of nitrogens with two attached hydrogens (primary N) is 1. The Bertz CT molecular complexity index is 195. The number of aliphatic carboxylic acids is 2. The van der Waals surface area contributed by atoms with Crippen molar-refractivity contribution in [1.29, 1.82) is 0 Å². The molecule has 0 bridgehead atoms. The molecule has 6 heteroatoms. The fraction of sp³-hybridized carbons (Fsp3) is 0.714. The Morgan fingerprint density at radius 2 is 2.00 bits per heavy atom. The van der Waals surface area contributed by atoms with Crippen LogP contribution in [0.1, 0.15) is 6.42 Å².